The Hall–Kier alpha value is -3.76. The van der Waals surface area contributed by atoms with Crippen LogP contribution in [0, 0.1) is 11.6 Å². The number of hydrogen-bond donors (Lipinski definition) is 1. The summed E-state index contributed by atoms with van der Waals surface area (Å²) >= 11 is 0. The van der Waals surface area contributed by atoms with Crippen molar-refractivity contribution in [2.45, 2.75) is 19.0 Å². The van der Waals surface area contributed by atoms with Crippen LogP contribution in [0.15, 0.2) is 30.3 Å². The quantitative estimate of drug-likeness (QED) is 0.678. The van der Waals surface area contributed by atoms with Gasteiger partial charge < -0.3 is 19.7 Å². The van der Waals surface area contributed by atoms with Crippen molar-refractivity contribution in [2.75, 3.05) is 23.4 Å². The number of rotatable bonds is 4. The molecule has 0 radical (unpaired) electrons. The highest BCUT2D eigenvalue weighted by atomic mass is 19.1. The molecule has 1 N–H and O–H groups in total. The van der Waals surface area contributed by atoms with E-state index in [-0.39, 0.29) is 37.2 Å². The summed E-state index contributed by atoms with van der Waals surface area (Å²) in [5, 5.41) is 14.6. The van der Waals surface area contributed by atoms with Crippen molar-refractivity contribution >= 4 is 17.3 Å². The normalized spacial score (nSPS) is 17.3. The van der Waals surface area contributed by atoms with Gasteiger partial charge in [-0.3, -0.25) is 4.79 Å². The summed E-state index contributed by atoms with van der Waals surface area (Å²) in [6, 6.07) is 7.22. The van der Waals surface area contributed by atoms with Crippen molar-refractivity contribution in [1.29, 1.82) is 0 Å². The average molecular weight is 428 g/mol. The van der Waals surface area contributed by atoms with Gasteiger partial charge in [-0.15, -0.1) is 10.2 Å². The Bertz CT molecular complexity index is 1170. The molecule has 2 aliphatic rings. The summed E-state index contributed by atoms with van der Waals surface area (Å²) in [5.41, 5.74) is 0.992. The summed E-state index contributed by atoms with van der Waals surface area (Å²) in [5.74, 6) is -0.241. The molecule has 2 aliphatic heterocycles. The molecule has 5 rings (SSSR count). The Kier molecular flexibility index (Phi) is 4.64. The standard InChI is InChI=1S/C20H18F2N6O3/c1-27-25-17(24-26-27)7-13-9-30-16-6-12(21)3-4-14(16)28(13)8-11-2-5-15-20(19(11)22)23-18(29)10-31-15/h2-6,13H,7-10H2,1H3,(H,23,29)/t13-/m0/s1. The van der Waals surface area contributed by atoms with E-state index < -0.39 is 17.5 Å². The number of aryl methyl sites for hydroxylation is 1. The lowest BCUT2D eigenvalue weighted by Gasteiger charge is -2.38. The third-order valence-electron chi connectivity index (χ3n) is 5.22. The first kappa shape index (κ1) is 19.2. The number of halogens is 2. The predicted octanol–water partition coefficient (Wildman–Crippen LogP) is 1.83. The number of anilines is 2. The van der Waals surface area contributed by atoms with Crippen LogP contribution >= 0.6 is 0 Å². The van der Waals surface area contributed by atoms with Crippen molar-refractivity contribution < 1.29 is 23.0 Å². The maximum Gasteiger partial charge on any atom is 0.262 e. The van der Waals surface area contributed by atoms with E-state index in [9.17, 15) is 9.18 Å². The van der Waals surface area contributed by atoms with Gasteiger partial charge >= 0.3 is 0 Å². The second-order valence-electron chi connectivity index (χ2n) is 7.35. The van der Waals surface area contributed by atoms with E-state index in [1.165, 1.54) is 16.9 Å². The number of ether oxygens (including phenoxy) is 2. The molecule has 0 aliphatic carbocycles. The molecular formula is C20H18F2N6O3. The van der Waals surface area contributed by atoms with Gasteiger partial charge in [-0.2, -0.15) is 4.80 Å². The Labute approximate surface area is 175 Å². The molecule has 0 fully saturated rings. The minimum Gasteiger partial charge on any atom is -0.489 e. The maximum absolute atomic E-state index is 15.2. The Morgan fingerprint density at radius 3 is 2.87 bits per heavy atom. The van der Waals surface area contributed by atoms with Gasteiger partial charge in [0.15, 0.2) is 18.2 Å². The molecule has 1 amide bonds. The molecule has 1 atom stereocenters. The fourth-order valence-electron chi connectivity index (χ4n) is 3.78. The maximum atomic E-state index is 15.2. The van der Waals surface area contributed by atoms with E-state index in [4.69, 9.17) is 9.47 Å². The van der Waals surface area contributed by atoms with Crippen LogP contribution in [0.4, 0.5) is 20.2 Å². The zero-order valence-electron chi connectivity index (χ0n) is 16.5. The molecular weight excluding hydrogens is 410 g/mol. The van der Waals surface area contributed by atoms with Crippen molar-refractivity contribution in [3.8, 4) is 11.5 Å². The number of aromatic nitrogens is 4. The molecule has 0 saturated carbocycles. The largest absolute Gasteiger partial charge is 0.489 e. The van der Waals surface area contributed by atoms with Gasteiger partial charge in [0.25, 0.3) is 5.91 Å². The number of carbonyl (C=O) groups is 1. The summed E-state index contributed by atoms with van der Waals surface area (Å²) in [6.07, 6.45) is 0.400. The van der Waals surface area contributed by atoms with E-state index >= 15 is 4.39 Å². The first-order chi connectivity index (χ1) is 15.0. The van der Waals surface area contributed by atoms with E-state index in [2.05, 4.69) is 20.7 Å². The third kappa shape index (κ3) is 3.62. The Morgan fingerprint density at radius 1 is 1.19 bits per heavy atom. The third-order valence-corrected chi connectivity index (χ3v) is 5.22. The van der Waals surface area contributed by atoms with Gasteiger partial charge in [0.1, 0.15) is 29.6 Å². The van der Waals surface area contributed by atoms with Gasteiger partial charge in [-0.05, 0) is 23.4 Å². The number of nitrogens with zero attached hydrogens (tertiary/aromatic N) is 5. The highest BCUT2D eigenvalue weighted by molar-refractivity contribution is 5.95. The van der Waals surface area contributed by atoms with E-state index in [0.717, 1.165) is 0 Å². The van der Waals surface area contributed by atoms with Crippen LogP contribution in [-0.2, 0) is 24.8 Å². The lowest BCUT2D eigenvalue weighted by Crippen LogP contribution is -2.44. The van der Waals surface area contributed by atoms with Crippen molar-refractivity contribution in [3.05, 3.63) is 53.4 Å². The van der Waals surface area contributed by atoms with Crippen LogP contribution in [0.2, 0.25) is 0 Å². The topological polar surface area (TPSA) is 94.4 Å². The lowest BCUT2D eigenvalue weighted by molar-refractivity contribution is -0.118. The first-order valence-corrected chi connectivity index (χ1v) is 9.64. The van der Waals surface area contributed by atoms with Gasteiger partial charge in [-0.1, -0.05) is 6.07 Å². The van der Waals surface area contributed by atoms with Gasteiger partial charge in [0.05, 0.1) is 18.8 Å². The minimum absolute atomic E-state index is 0.0217. The monoisotopic (exact) mass is 428 g/mol. The minimum atomic E-state index is -0.572. The van der Waals surface area contributed by atoms with Crippen molar-refractivity contribution in [2.24, 2.45) is 7.05 Å². The highest BCUT2D eigenvalue weighted by Crippen LogP contribution is 2.38. The number of carbonyl (C=O) groups excluding carboxylic acids is 1. The molecule has 2 aromatic carbocycles. The van der Waals surface area contributed by atoms with Crippen molar-refractivity contribution in [1.82, 2.24) is 20.2 Å². The molecule has 0 saturated heterocycles. The second-order valence-corrected chi connectivity index (χ2v) is 7.35. The molecule has 3 heterocycles. The predicted molar refractivity (Wildman–Crippen MR) is 105 cm³/mol. The number of fused-ring (bicyclic) bond motifs is 2. The van der Waals surface area contributed by atoms with Crippen LogP contribution in [0.3, 0.4) is 0 Å². The average Bonchev–Trinajstić information content (AvgIpc) is 3.16. The molecule has 11 heteroatoms. The molecule has 0 unspecified atom stereocenters. The summed E-state index contributed by atoms with van der Waals surface area (Å²) in [7, 11) is 1.67. The van der Waals surface area contributed by atoms with E-state index in [1.54, 1.807) is 25.2 Å². The van der Waals surface area contributed by atoms with Crippen LogP contribution in [0.25, 0.3) is 0 Å². The van der Waals surface area contributed by atoms with Crippen LogP contribution < -0.4 is 19.7 Å². The summed E-state index contributed by atoms with van der Waals surface area (Å²) < 4.78 is 40.0. The van der Waals surface area contributed by atoms with Gasteiger partial charge in [-0.25, -0.2) is 8.78 Å². The Balaban J connectivity index is 1.50. The van der Waals surface area contributed by atoms with Gasteiger partial charge in [0, 0.05) is 24.6 Å². The highest BCUT2D eigenvalue weighted by Gasteiger charge is 2.31. The fraction of sp³-hybridized carbons (Fsp3) is 0.300. The van der Waals surface area contributed by atoms with Crippen LogP contribution in [0.5, 0.6) is 11.5 Å². The molecule has 0 spiro atoms. The van der Waals surface area contributed by atoms with E-state index in [1.807, 2.05) is 4.90 Å². The molecule has 0 bridgehead atoms. The number of nitrogens with one attached hydrogen (secondary N) is 1. The van der Waals surface area contributed by atoms with Crippen molar-refractivity contribution in [3.63, 3.8) is 0 Å². The summed E-state index contributed by atoms with van der Waals surface area (Å²) in [6.45, 7) is 0.240. The van der Waals surface area contributed by atoms with Crippen LogP contribution in [0.1, 0.15) is 11.4 Å². The fourth-order valence-corrected chi connectivity index (χ4v) is 3.78. The number of hydrogen-bond acceptors (Lipinski definition) is 7. The van der Waals surface area contributed by atoms with E-state index in [0.29, 0.717) is 29.2 Å². The number of tetrazole rings is 1. The number of amides is 1. The Morgan fingerprint density at radius 2 is 2.06 bits per heavy atom. The smallest absolute Gasteiger partial charge is 0.262 e. The number of benzene rings is 2. The zero-order chi connectivity index (χ0) is 21.5. The zero-order valence-corrected chi connectivity index (χ0v) is 16.5. The molecule has 9 nitrogen and oxygen atoms in total. The first-order valence-electron chi connectivity index (χ1n) is 9.64. The lowest BCUT2D eigenvalue weighted by atomic mass is 10.0. The van der Waals surface area contributed by atoms with Crippen LogP contribution in [-0.4, -0.2) is 45.4 Å². The molecule has 3 aromatic rings. The molecule has 1 aromatic heterocycles. The second kappa shape index (κ2) is 7.49. The summed E-state index contributed by atoms with van der Waals surface area (Å²) in [4.78, 5) is 14.9. The molecule has 31 heavy (non-hydrogen) atoms. The van der Waals surface area contributed by atoms with Gasteiger partial charge in [0.2, 0.25) is 0 Å². The SMILES string of the molecule is Cn1nnc(C[C@H]2COc3cc(F)ccc3N2Cc2ccc3c(c2F)NC(=O)CO3)n1. The molecule has 160 valence electrons.